The minimum Gasteiger partial charge on any atom is -0.316 e. The van der Waals surface area contributed by atoms with Gasteiger partial charge in [-0.05, 0) is 74.2 Å². The lowest BCUT2D eigenvalue weighted by Gasteiger charge is -2.10. The number of rotatable bonds is 4. The van der Waals surface area contributed by atoms with E-state index in [4.69, 9.17) is 0 Å². The number of thiazole rings is 1. The van der Waals surface area contributed by atoms with E-state index in [-0.39, 0.29) is 5.91 Å². The number of carbonyl (C=O) groups is 1. The smallest absolute Gasteiger partial charge is 0.279 e. The average Bonchev–Trinajstić information content (AvgIpc) is 3.01. The summed E-state index contributed by atoms with van der Waals surface area (Å²) in [6.07, 6.45) is 0.912. The van der Waals surface area contributed by atoms with Crippen LogP contribution in [0.15, 0.2) is 51.9 Å². The van der Waals surface area contributed by atoms with Crippen molar-refractivity contribution in [3.8, 4) is 11.3 Å². The minimum atomic E-state index is -0.208. The topological polar surface area (TPSA) is 34.4 Å². The molecule has 1 amide bonds. The van der Waals surface area contributed by atoms with Crippen LogP contribution >= 0.6 is 27.3 Å². The molecule has 27 heavy (non-hydrogen) atoms. The number of aromatic nitrogens is 1. The molecule has 140 valence electrons. The van der Waals surface area contributed by atoms with Gasteiger partial charge in [-0.2, -0.15) is 4.99 Å². The molecule has 0 fully saturated rings. The first kappa shape index (κ1) is 19.8. The molecule has 3 rings (SSSR count). The van der Waals surface area contributed by atoms with Gasteiger partial charge in [0, 0.05) is 21.5 Å². The van der Waals surface area contributed by atoms with Gasteiger partial charge < -0.3 is 4.57 Å². The molecule has 1 heterocycles. The molecule has 0 spiro atoms. The third-order valence-electron chi connectivity index (χ3n) is 4.69. The van der Waals surface area contributed by atoms with Gasteiger partial charge in [-0.25, -0.2) is 0 Å². The van der Waals surface area contributed by atoms with Crippen LogP contribution in [0.3, 0.4) is 0 Å². The van der Waals surface area contributed by atoms with Crippen LogP contribution in [0.2, 0.25) is 0 Å². The molecule has 1 aromatic heterocycles. The predicted octanol–water partition coefficient (Wildman–Crippen LogP) is 5.92. The maximum Gasteiger partial charge on any atom is 0.279 e. The molecule has 5 heteroatoms. The summed E-state index contributed by atoms with van der Waals surface area (Å²) in [5.41, 5.74) is 5.51. The van der Waals surface area contributed by atoms with Gasteiger partial charge in [-0.1, -0.05) is 35.0 Å². The van der Waals surface area contributed by atoms with E-state index < -0.39 is 0 Å². The molecular formula is C22H23BrN2OS. The summed E-state index contributed by atoms with van der Waals surface area (Å²) in [7, 11) is 0. The number of amides is 1. The molecule has 0 aliphatic heterocycles. The fraction of sp³-hybridized carbons (Fsp3) is 0.273. The number of benzene rings is 2. The second-order valence-corrected chi connectivity index (χ2v) is 8.45. The Bertz CT molecular complexity index is 1050. The summed E-state index contributed by atoms with van der Waals surface area (Å²) in [6.45, 7) is 9.27. The Balaban J connectivity index is 2.14. The lowest BCUT2D eigenvalue weighted by Crippen LogP contribution is -2.17. The summed E-state index contributed by atoms with van der Waals surface area (Å²) in [6, 6.07) is 13.9. The van der Waals surface area contributed by atoms with Crippen LogP contribution in [0, 0.1) is 13.8 Å². The average molecular weight is 443 g/mol. The second-order valence-electron chi connectivity index (χ2n) is 6.48. The molecule has 0 atom stereocenters. The molecule has 0 bridgehead atoms. The first-order chi connectivity index (χ1) is 12.9. The van der Waals surface area contributed by atoms with Crippen LogP contribution in [0.5, 0.6) is 0 Å². The highest BCUT2D eigenvalue weighted by Gasteiger charge is 2.15. The Morgan fingerprint density at radius 3 is 2.37 bits per heavy atom. The monoisotopic (exact) mass is 442 g/mol. The van der Waals surface area contributed by atoms with Crippen LogP contribution < -0.4 is 4.80 Å². The summed E-state index contributed by atoms with van der Waals surface area (Å²) >= 11 is 5.01. The summed E-state index contributed by atoms with van der Waals surface area (Å²) in [5.74, 6) is -0.208. The third-order valence-corrected chi connectivity index (χ3v) is 6.44. The van der Waals surface area contributed by atoms with E-state index >= 15 is 0 Å². The summed E-state index contributed by atoms with van der Waals surface area (Å²) < 4.78 is 3.11. The standard InChI is InChI=1S/C22H23BrN2OS/c1-5-19-20(17-8-7-14(3)15(4)13-17)25(6-2)22(27-19)24-21(26)16-9-11-18(23)12-10-16/h7-13H,5-6H2,1-4H3. The SMILES string of the molecule is CCc1sc(=NC(=O)c2ccc(Br)cc2)n(CC)c1-c1ccc(C)c(C)c1. The third kappa shape index (κ3) is 4.14. The molecule has 3 aromatic rings. The molecular weight excluding hydrogens is 420 g/mol. The van der Waals surface area contributed by atoms with Crippen LogP contribution in [0.25, 0.3) is 11.3 Å². The Labute approximate surface area is 172 Å². The summed E-state index contributed by atoms with van der Waals surface area (Å²) in [5, 5.41) is 0. The van der Waals surface area contributed by atoms with Crippen LogP contribution in [-0.4, -0.2) is 10.5 Å². The molecule has 0 saturated heterocycles. The first-order valence-corrected chi connectivity index (χ1v) is 10.7. The Hall–Kier alpha value is -1.98. The molecule has 0 unspecified atom stereocenters. The van der Waals surface area contributed by atoms with Crippen LogP contribution in [-0.2, 0) is 13.0 Å². The maximum atomic E-state index is 12.6. The highest BCUT2D eigenvalue weighted by Crippen LogP contribution is 2.28. The van der Waals surface area contributed by atoms with Crippen molar-refractivity contribution < 1.29 is 4.79 Å². The van der Waals surface area contributed by atoms with Crippen molar-refractivity contribution in [2.75, 3.05) is 0 Å². The van der Waals surface area contributed by atoms with Crippen molar-refractivity contribution in [3.05, 3.63) is 73.3 Å². The maximum absolute atomic E-state index is 12.6. The van der Waals surface area contributed by atoms with Crippen LogP contribution in [0.4, 0.5) is 0 Å². The molecule has 0 saturated carbocycles. The number of hydrogen-bond acceptors (Lipinski definition) is 2. The Kier molecular flexibility index (Phi) is 6.12. The fourth-order valence-electron chi connectivity index (χ4n) is 3.03. The summed E-state index contributed by atoms with van der Waals surface area (Å²) in [4.78, 5) is 19.1. The molecule has 0 aliphatic rings. The first-order valence-electron chi connectivity index (χ1n) is 9.09. The van der Waals surface area contributed by atoms with Crippen molar-refractivity contribution >= 4 is 33.2 Å². The number of hydrogen-bond donors (Lipinski definition) is 0. The van der Waals surface area contributed by atoms with Crippen molar-refractivity contribution in [3.63, 3.8) is 0 Å². The van der Waals surface area contributed by atoms with E-state index in [1.165, 1.54) is 27.3 Å². The molecule has 3 nitrogen and oxygen atoms in total. The highest BCUT2D eigenvalue weighted by molar-refractivity contribution is 9.10. The lowest BCUT2D eigenvalue weighted by atomic mass is 10.0. The van der Waals surface area contributed by atoms with Gasteiger partial charge in [0.1, 0.15) is 0 Å². The zero-order valence-electron chi connectivity index (χ0n) is 16.0. The fourth-order valence-corrected chi connectivity index (χ4v) is 4.44. The zero-order valence-corrected chi connectivity index (χ0v) is 18.4. The zero-order chi connectivity index (χ0) is 19.6. The largest absolute Gasteiger partial charge is 0.316 e. The molecule has 0 radical (unpaired) electrons. The van der Waals surface area contributed by atoms with Crippen LogP contribution in [0.1, 0.15) is 40.2 Å². The predicted molar refractivity (Wildman–Crippen MR) is 116 cm³/mol. The lowest BCUT2D eigenvalue weighted by molar-refractivity contribution is 0.0998. The van der Waals surface area contributed by atoms with Gasteiger partial charge in [0.15, 0.2) is 4.80 Å². The van der Waals surface area contributed by atoms with E-state index in [1.807, 2.05) is 12.1 Å². The van der Waals surface area contributed by atoms with Gasteiger partial charge in [0.25, 0.3) is 5.91 Å². The van der Waals surface area contributed by atoms with E-state index in [1.54, 1.807) is 23.5 Å². The van der Waals surface area contributed by atoms with Gasteiger partial charge in [0.05, 0.1) is 5.69 Å². The normalized spacial score (nSPS) is 11.8. The second kappa shape index (κ2) is 8.36. The van der Waals surface area contributed by atoms with E-state index in [0.29, 0.717) is 5.56 Å². The van der Waals surface area contributed by atoms with Gasteiger partial charge in [-0.15, -0.1) is 11.3 Å². The van der Waals surface area contributed by atoms with Crippen molar-refractivity contribution in [1.82, 2.24) is 4.57 Å². The van der Waals surface area contributed by atoms with E-state index in [9.17, 15) is 4.79 Å². The molecule has 0 N–H and O–H groups in total. The molecule has 2 aromatic carbocycles. The van der Waals surface area contributed by atoms with Gasteiger partial charge >= 0.3 is 0 Å². The number of halogens is 1. The van der Waals surface area contributed by atoms with Crippen molar-refractivity contribution in [1.29, 1.82) is 0 Å². The van der Waals surface area contributed by atoms with Gasteiger partial charge in [-0.3, -0.25) is 4.79 Å². The number of aryl methyl sites for hydroxylation is 3. The quantitative estimate of drug-likeness (QED) is 0.493. The number of carbonyl (C=O) groups excluding carboxylic acids is 1. The van der Waals surface area contributed by atoms with Crippen molar-refractivity contribution in [2.45, 2.75) is 40.7 Å². The van der Waals surface area contributed by atoms with Gasteiger partial charge in [0.2, 0.25) is 0 Å². The van der Waals surface area contributed by atoms with E-state index in [0.717, 1.165) is 22.2 Å². The number of nitrogens with zero attached hydrogens (tertiary/aromatic N) is 2. The Morgan fingerprint density at radius 1 is 1.07 bits per heavy atom. The highest BCUT2D eigenvalue weighted by atomic mass is 79.9. The minimum absolute atomic E-state index is 0.208. The van der Waals surface area contributed by atoms with E-state index in [2.05, 4.69) is 71.4 Å². The molecule has 0 aliphatic carbocycles. The van der Waals surface area contributed by atoms with Crippen molar-refractivity contribution in [2.24, 2.45) is 4.99 Å². The Morgan fingerprint density at radius 2 is 1.78 bits per heavy atom.